The van der Waals surface area contributed by atoms with Gasteiger partial charge >= 0.3 is 6.18 Å². The van der Waals surface area contributed by atoms with E-state index < -0.39 is 12.1 Å². The molecule has 0 amide bonds. The summed E-state index contributed by atoms with van der Waals surface area (Å²) < 4.78 is 38.1. The lowest BCUT2D eigenvalue weighted by Gasteiger charge is -2.34. The Bertz CT molecular complexity index is 416. The van der Waals surface area contributed by atoms with E-state index >= 15 is 0 Å². The molecule has 0 radical (unpaired) electrons. The van der Waals surface area contributed by atoms with Gasteiger partial charge in [-0.25, -0.2) is 9.97 Å². The molecule has 1 unspecified atom stereocenters. The lowest BCUT2D eigenvalue weighted by molar-refractivity contribution is -0.176. The summed E-state index contributed by atoms with van der Waals surface area (Å²) in [6.07, 6.45) is -3.47. The highest BCUT2D eigenvalue weighted by molar-refractivity contribution is 6.29. The molecule has 7 heteroatoms. The zero-order valence-corrected chi connectivity index (χ0v) is 10.6. The van der Waals surface area contributed by atoms with Crippen LogP contribution in [0, 0.1) is 12.8 Å². The second-order valence-corrected chi connectivity index (χ2v) is 4.81. The summed E-state index contributed by atoms with van der Waals surface area (Å²) in [7, 11) is 0. The topological polar surface area (TPSA) is 29.0 Å². The maximum Gasteiger partial charge on any atom is 0.393 e. The monoisotopic (exact) mass is 279 g/mol. The number of rotatable bonds is 1. The van der Waals surface area contributed by atoms with Crippen molar-refractivity contribution in [2.24, 2.45) is 5.92 Å². The fourth-order valence-electron chi connectivity index (χ4n) is 2.13. The summed E-state index contributed by atoms with van der Waals surface area (Å²) in [5, 5.41) is 0.256. The van der Waals surface area contributed by atoms with Gasteiger partial charge in [0, 0.05) is 19.2 Å². The molecular formula is C11H13ClF3N3. The van der Waals surface area contributed by atoms with E-state index in [2.05, 4.69) is 9.97 Å². The molecule has 0 N–H and O–H groups in total. The van der Waals surface area contributed by atoms with Gasteiger partial charge in [-0.1, -0.05) is 11.6 Å². The van der Waals surface area contributed by atoms with Crippen molar-refractivity contribution in [2.45, 2.75) is 25.9 Å². The van der Waals surface area contributed by atoms with Crippen molar-refractivity contribution in [3.05, 3.63) is 17.0 Å². The predicted molar refractivity (Wildman–Crippen MR) is 62.8 cm³/mol. The number of piperidine rings is 1. The molecule has 1 aromatic rings. The largest absolute Gasteiger partial charge is 0.393 e. The zero-order valence-electron chi connectivity index (χ0n) is 9.84. The van der Waals surface area contributed by atoms with Crippen molar-refractivity contribution in [1.29, 1.82) is 0 Å². The summed E-state index contributed by atoms with van der Waals surface area (Å²) in [6, 6.07) is 1.51. The van der Waals surface area contributed by atoms with Gasteiger partial charge in [-0.05, 0) is 19.8 Å². The molecule has 1 fully saturated rings. The maximum atomic E-state index is 12.7. The molecule has 0 aromatic carbocycles. The van der Waals surface area contributed by atoms with Gasteiger partial charge < -0.3 is 4.90 Å². The summed E-state index contributed by atoms with van der Waals surface area (Å²) in [4.78, 5) is 9.67. The molecule has 18 heavy (non-hydrogen) atoms. The second-order valence-electron chi connectivity index (χ2n) is 4.42. The Morgan fingerprint density at radius 1 is 1.39 bits per heavy atom. The van der Waals surface area contributed by atoms with E-state index in [0.717, 1.165) is 0 Å². The van der Waals surface area contributed by atoms with Gasteiger partial charge in [0.2, 0.25) is 0 Å². The molecule has 1 aliphatic heterocycles. The molecule has 0 aliphatic carbocycles. The Kier molecular flexibility index (Phi) is 3.66. The van der Waals surface area contributed by atoms with Crippen molar-refractivity contribution in [1.82, 2.24) is 9.97 Å². The normalized spacial score (nSPS) is 21.2. The first-order chi connectivity index (χ1) is 8.36. The summed E-state index contributed by atoms with van der Waals surface area (Å²) in [6.45, 7) is 2.18. The Morgan fingerprint density at radius 3 is 2.72 bits per heavy atom. The number of hydrogen-bond acceptors (Lipinski definition) is 3. The first kappa shape index (κ1) is 13.4. The molecule has 0 bridgehead atoms. The highest BCUT2D eigenvalue weighted by Crippen LogP contribution is 2.34. The molecule has 0 spiro atoms. The Balaban J connectivity index is 2.18. The van der Waals surface area contributed by atoms with Gasteiger partial charge in [0.25, 0.3) is 0 Å². The molecule has 2 heterocycles. The van der Waals surface area contributed by atoms with E-state index in [4.69, 9.17) is 11.6 Å². The van der Waals surface area contributed by atoms with E-state index in [1.54, 1.807) is 11.8 Å². The Hall–Kier alpha value is -1.04. The van der Waals surface area contributed by atoms with E-state index in [1.165, 1.54) is 6.07 Å². The van der Waals surface area contributed by atoms with E-state index in [-0.39, 0.29) is 18.1 Å². The smallest absolute Gasteiger partial charge is 0.356 e. The predicted octanol–water partition coefficient (Wildman–Crippen LogP) is 3.22. The SMILES string of the molecule is Cc1nc(Cl)cc(N2CCCC(C(F)(F)F)C2)n1. The fraction of sp³-hybridized carbons (Fsp3) is 0.636. The van der Waals surface area contributed by atoms with Gasteiger partial charge in [0.15, 0.2) is 0 Å². The van der Waals surface area contributed by atoms with Gasteiger partial charge in [-0.3, -0.25) is 0 Å². The number of aromatic nitrogens is 2. The molecule has 1 aliphatic rings. The standard InChI is InChI=1S/C11H13ClF3N3/c1-7-16-9(12)5-10(17-7)18-4-2-3-8(6-18)11(13,14)15/h5,8H,2-4,6H2,1H3. The van der Waals surface area contributed by atoms with Gasteiger partial charge in [0.05, 0.1) is 5.92 Å². The van der Waals surface area contributed by atoms with Crippen LogP contribution in [-0.2, 0) is 0 Å². The molecule has 100 valence electrons. The number of halogens is 4. The highest BCUT2D eigenvalue weighted by atomic mass is 35.5. The van der Waals surface area contributed by atoms with Crippen molar-refractivity contribution in [3.8, 4) is 0 Å². The first-order valence-electron chi connectivity index (χ1n) is 5.69. The summed E-state index contributed by atoms with van der Waals surface area (Å²) >= 11 is 5.80. The summed E-state index contributed by atoms with van der Waals surface area (Å²) in [5.74, 6) is -0.353. The van der Waals surface area contributed by atoms with E-state index in [0.29, 0.717) is 24.6 Å². The zero-order chi connectivity index (χ0) is 13.3. The fourth-order valence-corrected chi connectivity index (χ4v) is 2.35. The number of anilines is 1. The Labute approximate surface area is 108 Å². The second kappa shape index (κ2) is 4.91. The average molecular weight is 280 g/mol. The third-order valence-corrected chi connectivity index (χ3v) is 3.20. The minimum Gasteiger partial charge on any atom is -0.356 e. The number of alkyl halides is 3. The van der Waals surface area contributed by atoms with Crippen LogP contribution in [0.3, 0.4) is 0 Å². The van der Waals surface area contributed by atoms with Crippen LogP contribution in [0.2, 0.25) is 5.15 Å². The first-order valence-corrected chi connectivity index (χ1v) is 6.07. The van der Waals surface area contributed by atoms with Crippen molar-refractivity contribution >= 4 is 17.4 Å². The van der Waals surface area contributed by atoms with Gasteiger partial charge in [0.1, 0.15) is 16.8 Å². The maximum absolute atomic E-state index is 12.7. The van der Waals surface area contributed by atoms with Gasteiger partial charge in [-0.2, -0.15) is 13.2 Å². The van der Waals surface area contributed by atoms with Crippen LogP contribution in [0.15, 0.2) is 6.07 Å². The van der Waals surface area contributed by atoms with Crippen LogP contribution in [0.5, 0.6) is 0 Å². The number of nitrogens with zero attached hydrogens (tertiary/aromatic N) is 3. The minimum atomic E-state index is -4.15. The van der Waals surface area contributed by atoms with Crippen LogP contribution in [0.1, 0.15) is 18.7 Å². The highest BCUT2D eigenvalue weighted by Gasteiger charge is 2.42. The van der Waals surface area contributed by atoms with E-state index in [9.17, 15) is 13.2 Å². The minimum absolute atomic E-state index is 0.0592. The number of hydrogen-bond donors (Lipinski definition) is 0. The van der Waals surface area contributed by atoms with Crippen molar-refractivity contribution < 1.29 is 13.2 Å². The van der Waals surface area contributed by atoms with Gasteiger partial charge in [-0.15, -0.1) is 0 Å². The van der Waals surface area contributed by atoms with Crippen LogP contribution in [-0.4, -0.2) is 29.2 Å². The third-order valence-electron chi connectivity index (χ3n) is 3.00. The van der Waals surface area contributed by atoms with Crippen molar-refractivity contribution in [3.63, 3.8) is 0 Å². The van der Waals surface area contributed by atoms with Crippen LogP contribution >= 0.6 is 11.6 Å². The van der Waals surface area contributed by atoms with Crippen molar-refractivity contribution in [2.75, 3.05) is 18.0 Å². The lowest BCUT2D eigenvalue weighted by atomic mass is 9.97. The molecule has 1 aromatic heterocycles. The van der Waals surface area contributed by atoms with Crippen LogP contribution in [0.4, 0.5) is 19.0 Å². The molecular weight excluding hydrogens is 267 g/mol. The molecule has 1 atom stereocenters. The number of aryl methyl sites for hydroxylation is 1. The molecule has 3 nitrogen and oxygen atoms in total. The Morgan fingerprint density at radius 2 is 2.11 bits per heavy atom. The van der Waals surface area contributed by atoms with E-state index in [1.807, 2.05) is 0 Å². The van der Waals surface area contributed by atoms with Crippen LogP contribution < -0.4 is 4.90 Å². The molecule has 2 rings (SSSR count). The molecule has 0 saturated carbocycles. The quantitative estimate of drug-likeness (QED) is 0.739. The molecule has 1 saturated heterocycles. The third kappa shape index (κ3) is 3.04. The summed E-state index contributed by atoms with van der Waals surface area (Å²) in [5.41, 5.74) is 0. The van der Waals surface area contributed by atoms with Crippen LogP contribution in [0.25, 0.3) is 0 Å². The average Bonchev–Trinajstić information content (AvgIpc) is 2.27. The lowest BCUT2D eigenvalue weighted by Crippen LogP contribution is -2.42.